The number of hydrogen-bond acceptors (Lipinski definition) is 4. The van der Waals surface area contributed by atoms with Crippen LogP contribution in [0.2, 0.25) is 0 Å². The third-order valence-corrected chi connectivity index (χ3v) is 4.39. The van der Waals surface area contributed by atoms with Gasteiger partial charge >= 0.3 is 6.18 Å². The highest BCUT2D eigenvalue weighted by atomic mass is 19.4. The fourth-order valence-corrected chi connectivity index (χ4v) is 2.80. The van der Waals surface area contributed by atoms with Gasteiger partial charge in [-0.3, -0.25) is 4.79 Å². The maximum Gasteiger partial charge on any atom is 0.416 e. The number of anilines is 2. The van der Waals surface area contributed by atoms with E-state index in [1.807, 2.05) is 4.90 Å². The molecule has 1 amide bonds. The summed E-state index contributed by atoms with van der Waals surface area (Å²) in [7, 11) is 0. The number of carbonyl (C=O) groups is 1. The van der Waals surface area contributed by atoms with Gasteiger partial charge in [-0.25, -0.2) is 9.97 Å². The molecule has 0 atom stereocenters. The first-order valence-corrected chi connectivity index (χ1v) is 8.39. The minimum Gasteiger partial charge on any atom is -0.341 e. The van der Waals surface area contributed by atoms with Gasteiger partial charge in [0.05, 0.1) is 5.56 Å². The third-order valence-electron chi connectivity index (χ3n) is 4.39. The molecular weight excluding hydrogens is 345 g/mol. The van der Waals surface area contributed by atoms with Crippen molar-refractivity contribution in [2.75, 3.05) is 23.3 Å². The molecule has 0 bridgehead atoms. The van der Waals surface area contributed by atoms with Gasteiger partial charge in [0.1, 0.15) is 5.69 Å². The Kier molecular flexibility index (Phi) is 5.11. The molecule has 1 N–H and O–H groups in total. The highest BCUT2D eigenvalue weighted by Crippen LogP contribution is 2.30. The van der Waals surface area contributed by atoms with Crippen LogP contribution in [-0.2, 0) is 6.18 Å². The predicted molar refractivity (Wildman–Crippen MR) is 92.0 cm³/mol. The fourth-order valence-electron chi connectivity index (χ4n) is 2.80. The van der Waals surface area contributed by atoms with Crippen molar-refractivity contribution in [3.8, 4) is 0 Å². The molecule has 8 heteroatoms. The van der Waals surface area contributed by atoms with E-state index < -0.39 is 17.6 Å². The zero-order chi connectivity index (χ0) is 18.7. The molecule has 2 heterocycles. The van der Waals surface area contributed by atoms with E-state index in [-0.39, 0.29) is 11.4 Å². The maximum absolute atomic E-state index is 12.8. The number of benzene rings is 1. The summed E-state index contributed by atoms with van der Waals surface area (Å²) < 4.78 is 38.3. The van der Waals surface area contributed by atoms with Crippen LogP contribution in [0.25, 0.3) is 0 Å². The van der Waals surface area contributed by atoms with Gasteiger partial charge < -0.3 is 10.2 Å². The summed E-state index contributed by atoms with van der Waals surface area (Å²) in [5.74, 6) is 0.547. The molecule has 2 aromatic rings. The van der Waals surface area contributed by atoms with Crippen LogP contribution >= 0.6 is 0 Å². The number of halogens is 3. The van der Waals surface area contributed by atoms with Crippen LogP contribution in [0.5, 0.6) is 0 Å². The largest absolute Gasteiger partial charge is 0.416 e. The Morgan fingerprint density at radius 1 is 1.23 bits per heavy atom. The molecule has 0 unspecified atom stereocenters. The second-order valence-corrected chi connectivity index (χ2v) is 6.44. The van der Waals surface area contributed by atoms with Gasteiger partial charge in [-0.2, -0.15) is 13.2 Å². The van der Waals surface area contributed by atoms with Crippen molar-refractivity contribution in [2.45, 2.75) is 25.9 Å². The summed E-state index contributed by atoms with van der Waals surface area (Å²) in [4.78, 5) is 22.9. The molecule has 0 saturated carbocycles. The molecule has 1 saturated heterocycles. The van der Waals surface area contributed by atoms with Crippen molar-refractivity contribution in [3.05, 3.63) is 47.8 Å². The number of nitrogens with zero attached hydrogens (tertiary/aromatic N) is 3. The molecular formula is C18H19F3N4O. The molecule has 1 aromatic carbocycles. The lowest BCUT2D eigenvalue weighted by Gasteiger charge is -2.30. The normalized spacial score (nSPS) is 15.8. The van der Waals surface area contributed by atoms with Gasteiger partial charge in [0.2, 0.25) is 5.95 Å². The van der Waals surface area contributed by atoms with E-state index >= 15 is 0 Å². The zero-order valence-corrected chi connectivity index (χ0v) is 14.3. The van der Waals surface area contributed by atoms with Crippen molar-refractivity contribution in [2.24, 2.45) is 5.92 Å². The first-order valence-electron chi connectivity index (χ1n) is 8.39. The van der Waals surface area contributed by atoms with Crippen LogP contribution in [-0.4, -0.2) is 29.0 Å². The summed E-state index contributed by atoms with van der Waals surface area (Å²) >= 11 is 0. The van der Waals surface area contributed by atoms with Crippen LogP contribution in [0.15, 0.2) is 36.5 Å². The summed E-state index contributed by atoms with van der Waals surface area (Å²) in [6.45, 7) is 3.83. The number of alkyl halides is 3. The molecule has 0 radical (unpaired) electrons. The van der Waals surface area contributed by atoms with Crippen LogP contribution < -0.4 is 10.2 Å². The predicted octanol–water partition coefficient (Wildman–Crippen LogP) is 3.98. The van der Waals surface area contributed by atoms with Crippen LogP contribution in [0.1, 0.15) is 35.8 Å². The number of nitrogens with one attached hydrogen (secondary N) is 1. The van der Waals surface area contributed by atoms with Crippen LogP contribution in [0.4, 0.5) is 24.8 Å². The number of hydrogen-bond donors (Lipinski definition) is 1. The average molecular weight is 364 g/mol. The Hall–Kier alpha value is -2.64. The van der Waals surface area contributed by atoms with E-state index in [0.717, 1.165) is 38.1 Å². The first-order chi connectivity index (χ1) is 12.3. The molecule has 3 rings (SSSR count). The molecule has 0 aliphatic carbocycles. The SMILES string of the molecule is CC1CCN(c2nccc(C(=O)Nc3cccc(C(F)(F)F)c3)n2)CC1. The van der Waals surface area contributed by atoms with E-state index in [4.69, 9.17) is 0 Å². The Bertz CT molecular complexity index is 786. The molecule has 26 heavy (non-hydrogen) atoms. The van der Waals surface area contributed by atoms with Crippen molar-refractivity contribution in [1.82, 2.24) is 9.97 Å². The molecule has 5 nitrogen and oxygen atoms in total. The van der Waals surface area contributed by atoms with E-state index in [9.17, 15) is 18.0 Å². The van der Waals surface area contributed by atoms with E-state index in [1.54, 1.807) is 0 Å². The topological polar surface area (TPSA) is 58.1 Å². The third kappa shape index (κ3) is 4.30. The lowest BCUT2D eigenvalue weighted by molar-refractivity contribution is -0.137. The summed E-state index contributed by atoms with van der Waals surface area (Å²) in [5.41, 5.74) is -0.635. The molecule has 138 valence electrons. The van der Waals surface area contributed by atoms with E-state index in [2.05, 4.69) is 22.2 Å². The minimum absolute atomic E-state index is 0.0665. The molecule has 1 aromatic heterocycles. The van der Waals surface area contributed by atoms with Gasteiger partial charge in [-0.05, 0) is 43.0 Å². The van der Waals surface area contributed by atoms with Crippen molar-refractivity contribution >= 4 is 17.5 Å². The van der Waals surface area contributed by atoms with Gasteiger partial charge in [0.15, 0.2) is 0 Å². The van der Waals surface area contributed by atoms with Gasteiger partial charge in [-0.15, -0.1) is 0 Å². The molecule has 0 spiro atoms. The van der Waals surface area contributed by atoms with Gasteiger partial charge in [0, 0.05) is 25.0 Å². The van der Waals surface area contributed by atoms with E-state index in [0.29, 0.717) is 11.9 Å². The van der Waals surface area contributed by atoms with Crippen LogP contribution in [0, 0.1) is 5.92 Å². The fraction of sp³-hybridized carbons (Fsp3) is 0.389. The zero-order valence-electron chi connectivity index (χ0n) is 14.3. The standard InChI is InChI=1S/C18H19F3N4O/c1-12-6-9-25(10-7-12)17-22-8-5-15(24-17)16(26)23-14-4-2-3-13(11-14)18(19,20)21/h2-5,8,11-12H,6-7,9-10H2,1H3,(H,23,26). The number of piperidine rings is 1. The molecule has 1 fully saturated rings. The number of aromatic nitrogens is 2. The first kappa shape index (κ1) is 18.2. The Morgan fingerprint density at radius 3 is 2.65 bits per heavy atom. The minimum atomic E-state index is -4.46. The lowest BCUT2D eigenvalue weighted by Crippen LogP contribution is -2.34. The number of carbonyl (C=O) groups excluding carboxylic acids is 1. The highest BCUT2D eigenvalue weighted by Gasteiger charge is 2.30. The number of rotatable bonds is 3. The molecule has 1 aliphatic heterocycles. The average Bonchev–Trinajstić information content (AvgIpc) is 2.62. The van der Waals surface area contributed by atoms with Crippen molar-refractivity contribution in [1.29, 1.82) is 0 Å². The smallest absolute Gasteiger partial charge is 0.341 e. The monoisotopic (exact) mass is 364 g/mol. The van der Waals surface area contributed by atoms with Gasteiger partial charge in [-0.1, -0.05) is 13.0 Å². The Balaban J connectivity index is 1.73. The van der Waals surface area contributed by atoms with Crippen molar-refractivity contribution < 1.29 is 18.0 Å². The maximum atomic E-state index is 12.8. The second-order valence-electron chi connectivity index (χ2n) is 6.44. The summed E-state index contributed by atoms with van der Waals surface area (Å²) in [6, 6.07) is 5.95. The summed E-state index contributed by atoms with van der Waals surface area (Å²) in [6.07, 6.45) is -0.913. The lowest BCUT2D eigenvalue weighted by atomic mass is 10.00. The Morgan fingerprint density at radius 2 is 1.96 bits per heavy atom. The number of amides is 1. The van der Waals surface area contributed by atoms with Crippen molar-refractivity contribution in [3.63, 3.8) is 0 Å². The quantitative estimate of drug-likeness (QED) is 0.895. The van der Waals surface area contributed by atoms with Gasteiger partial charge in [0.25, 0.3) is 5.91 Å². The Labute approximate surface area is 149 Å². The highest BCUT2D eigenvalue weighted by molar-refractivity contribution is 6.03. The summed E-state index contributed by atoms with van der Waals surface area (Å²) in [5, 5.41) is 2.46. The van der Waals surface area contributed by atoms with Crippen LogP contribution in [0.3, 0.4) is 0 Å². The second kappa shape index (κ2) is 7.31. The molecule has 1 aliphatic rings. The van der Waals surface area contributed by atoms with E-state index in [1.165, 1.54) is 24.4 Å².